The lowest BCUT2D eigenvalue weighted by Gasteiger charge is -2.20. The van der Waals surface area contributed by atoms with E-state index in [2.05, 4.69) is 12.2 Å². The summed E-state index contributed by atoms with van der Waals surface area (Å²) < 4.78 is 0. The van der Waals surface area contributed by atoms with Crippen LogP contribution < -0.4 is 5.32 Å². The highest BCUT2D eigenvalue weighted by molar-refractivity contribution is 5.98. The van der Waals surface area contributed by atoms with Crippen LogP contribution in [0.1, 0.15) is 58.3 Å². The number of imide groups is 1. The third-order valence-corrected chi connectivity index (χ3v) is 3.01. The molecule has 1 atom stereocenters. The lowest BCUT2D eigenvalue weighted by molar-refractivity contribution is -0.136. The number of nitrogens with one attached hydrogen (secondary N) is 1. The van der Waals surface area contributed by atoms with Crippen LogP contribution >= 0.6 is 0 Å². The molecule has 0 aromatic rings. The van der Waals surface area contributed by atoms with Crippen molar-refractivity contribution in [1.82, 2.24) is 5.32 Å². The molecule has 86 valence electrons. The molecule has 0 aliphatic carbocycles. The first-order valence-electron chi connectivity index (χ1n) is 6.07. The maximum absolute atomic E-state index is 11.4. The zero-order valence-electron chi connectivity index (χ0n) is 9.55. The lowest BCUT2D eigenvalue weighted by atomic mass is 9.92. The fourth-order valence-corrected chi connectivity index (χ4v) is 2.01. The summed E-state index contributed by atoms with van der Waals surface area (Å²) in [4.78, 5) is 22.3. The summed E-state index contributed by atoms with van der Waals surface area (Å²) in [5, 5.41) is 2.40. The molecule has 1 rings (SSSR count). The van der Waals surface area contributed by atoms with E-state index in [0.29, 0.717) is 6.42 Å². The number of amides is 2. The minimum absolute atomic E-state index is 0.0539. The molecule has 3 nitrogen and oxygen atoms in total. The maximum atomic E-state index is 11.4. The van der Waals surface area contributed by atoms with Crippen molar-refractivity contribution in [2.24, 2.45) is 5.92 Å². The highest BCUT2D eigenvalue weighted by Crippen LogP contribution is 2.19. The number of rotatable bonds is 6. The van der Waals surface area contributed by atoms with Crippen LogP contribution in [0.25, 0.3) is 0 Å². The summed E-state index contributed by atoms with van der Waals surface area (Å²) in [6.07, 6.45) is 8.35. The Bertz CT molecular complexity index is 226. The van der Waals surface area contributed by atoms with Gasteiger partial charge >= 0.3 is 0 Å². The van der Waals surface area contributed by atoms with Gasteiger partial charge in [-0.25, -0.2) is 0 Å². The molecular weight excluding hydrogens is 190 g/mol. The van der Waals surface area contributed by atoms with E-state index in [1.54, 1.807) is 0 Å². The second-order valence-electron chi connectivity index (χ2n) is 4.35. The molecule has 15 heavy (non-hydrogen) atoms. The van der Waals surface area contributed by atoms with E-state index in [1.807, 2.05) is 0 Å². The van der Waals surface area contributed by atoms with Gasteiger partial charge in [-0.05, 0) is 12.8 Å². The maximum Gasteiger partial charge on any atom is 0.229 e. The molecule has 1 fully saturated rings. The standard InChI is InChI=1S/C12H21NO2/c1-2-3-4-5-6-7-10-8-9-11(14)13-12(10)15/h10H,2-9H2,1H3,(H,13,14,15). The first-order chi connectivity index (χ1) is 7.24. The van der Waals surface area contributed by atoms with Gasteiger partial charge in [0.2, 0.25) is 11.8 Å². The van der Waals surface area contributed by atoms with Crippen molar-refractivity contribution in [3.63, 3.8) is 0 Å². The first-order valence-corrected chi connectivity index (χ1v) is 6.07. The summed E-state index contributed by atoms with van der Waals surface area (Å²) in [6.45, 7) is 2.19. The van der Waals surface area contributed by atoms with Gasteiger partial charge in [0, 0.05) is 12.3 Å². The Morgan fingerprint density at radius 1 is 1.20 bits per heavy atom. The number of unbranched alkanes of at least 4 members (excludes halogenated alkanes) is 4. The number of piperidine rings is 1. The van der Waals surface area contributed by atoms with Crippen molar-refractivity contribution in [3.05, 3.63) is 0 Å². The Labute approximate surface area is 91.6 Å². The van der Waals surface area contributed by atoms with Crippen molar-refractivity contribution >= 4 is 11.8 Å². The van der Waals surface area contributed by atoms with Crippen molar-refractivity contribution in [2.45, 2.75) is 58.3 Å². The second-order valence-corrected chi connectivity index (χ2v) is 4.35. The summed E-state index contributed by atoms with van der Waals surface area (Å²) in [5.74, 6) is -0.0756. The van der Waals surface area contributed by atoms with Crippen molar-refractivity contribution in [1.29, 1.82) is 0 Å². The molecule has 1 aliphatic heterocycles. The Kier molecular flexibility index (Phi) is 5.37. The molecular formula is C12H21NO2. The minimum Gasteiger partial charge on any atom is -0.296 e. The molecule has 0 aromatic heterocycles. The Morgan fingerprint density at radius 2 is 1.93 bits per heavy atom. The first kappa shape index (κ1) is 12.2. The zero-order valence-corrected chi connectivity index (χ0v) is 9.55. The largest absolute Gasteiger partial charge is 0.296 e. The average Bonchev–Trinajstić information content (AvgIpc) is 2.20. The second kappa shape index (κ2) is 6.59. The minimum atomic E-state index is -0.109. The van der Waals surface area contributed by atoms with E-state index in [4.69, 9.17) is 0 Å². The zero-order chi connectivity index (χ0) is 11.1. The third-order valence-electron chi connectivity index (χ3n) is 3.01. The molecule has 0 aromatic carbocycles. The molecule has 1 unspecified atom stereocenters. The van der Waals surface area contributed by atoms with E-state index in [1.165, 1.54) is 25.7 Å². The van der Waals surface area contributed by atoms with Crippen LogP contribution in [0.2, 0.25) is 0 Å². The van der Waals surface area contributed by atoms with Crippen molar-refractivity contribution in [3.8, 4) is 0 Å². The highest BCUT2D eigenvalue weighted by atomic mass is 16.2. The van der Waals surface area contributed by atoms with Crippen LogP contribution in [0.15, 0.2) is 0 Å². The summed E-state index contributed by atoms with van der Waals surface area (Å²) in [7, 11) is 0. The van der Waals surface area contributed by atoms with Gasteiger partial charge in [0.25, 0.3) is 0 Å². The van der Waals surface area contributed by atoms with Gasteiger partial charge in [0.05, 0.1) is 0 Å². The molecule has 0 radical (unpaired) electrons. The van der Waals surface area contributed by atoms with E-state index in [9.17, 15) is 9.59 Å². The van der Waals surface area contributed by atoms with Gasteiger partial charge in [-0.15, -0.1) is 0 Å². The molecule has 1 heterocycles. The molecule has 2 amide bonds. The van der Waals surface area contributed by atoms with Crippen LogP contribution in [0.5, 0.6) is 0 Å². The molecule has 0 bridgehead atoms. The van der Waals surface area contributed by atoms with E-state index >= 15 is 0 Å². The highest BCUT2D eigenvalue weighted by Gasteiger charge is 2.25. The van der Waals surface area contributed by atoms with Gasteiger partial charge in [0.1, 0.15) is 0 Å². The Hall–Kier alpha value is -0.860. The number of hydrogen-bond donors (Lipinski definition) is 1. The predicted molar refractivity (Wildman–Crippen MR) is 59.2 cm³/mol. The quantitative estimate of drug-likeness (QED) is 0.541. The summed E-state index contributed by atoms with van der Waals surface area (Å²) in [6, 6.07) is 0. The molecule has 0 spiro atoms. The summed E-state index contributed by atoms with van der Waals surface area (Å²) in [5.41, 5.74) is 0. The SMILES string of the molecule is CCCCCCCC1CCC(=O)NC1=O. The van der Waals surface area contributed by atoms with Crippen LogP contribution in [0.4, 0.5) is 0 Å². The van der Waals surface area contributed by atoms with Gasteiger partial charge < -0.3 is 0 Å². The van der Waals surface area contributed by atoms with Crippen molar-refractivity contribution in [2.75, 3.05) is 0 Å². The fraction of sp³-hybridized carbons (Fsp3) is 0.833. The monoisotopic (exact) mass is 211 g/mol. The molecule has 1 aliphatic rings. The number of carbonyl (C=O) groups is 2. The van der Waals surface area contributed by atoms with Crippen LogP contribution in [-0.2, 0) is 9.59 Å². The third kappa shape index (κ3) is 4.45. The van der Waals surface area contributed by atoms with Crippen LogP contribution in [0, 0.1) is 5.92 Å². The molecule has 1 N–H and O–H groups in total. The van der Waals surface area contributed by atoms with Gasteiger partial charge in [-0.1, -0.05) is 39.0 Å². The molecule has 1 saturated heterocycles. The average molecular weight is 211 g/mol. The van der Waals surface area contributed by atoms with Gasteiger partial charge in [-0.2, -0.15) is 0 Å². The molecule has 3 heteroatoms. The van der Waals surface area contributed by atoms with Crippen molar-refractivity contribution < 1.29 is 9.59 Å². The molecule has 0 saturated carbocycles. The lowest BCUT2D eigenvalue weighted by Crippen LogP contribution is -2.40. The Balaban J connectivity index is 2.10. The van der Waals surface area contributed by atoms with Gasteiger partial charge in [-0.3, -0.25) is 14.9 Å². The van der Waals surface area contributed by atoms with E-state index in [-0.39, 0.29) is 17.7 Å². The number of hydrogen-bond acceptors (Lipinski definition) is 2. The fourth-order valence-electron chi connectivity index (χ4n) is 2.01. The topological polar surface area (TPSA) is 46.2 Å². The number of carbonyl (C=O) groups excluding carboxylic acids is 2. The summed E-state index contributed by atoms with van der Waals surface area (Å²) >= 11 is 0. The van der Waals surface area contributed by atoms with Crippen LogP contribution in [-0.4, -0.2) is 11.8 Å². The van der Waals surface area contributed by atoms with E-state index < -0.39 is 0 Å². The predicted octanol–water partition coefficient (Wildman–Crippen LogP) is 2.40. The normalized spacial score (nSPS) is 21.5. The van der Waals surface area contributed by atoms with Gasteiger partial charge in [0.15, 0.2) is 0 Å². The van der Waals surface area contributed by atoms with E-state index in [0.717, 1.165) is 19.3 Å². The van der Waals surface area contributed by atoms with Crippen LogP contribution in [0.3, 0.4) is 0 Å². The smallest absolute Gasteiger partial charge is 0.229 e. The Morgan fingerprint density at radius 3 is 2.60 bits per heavy atom.